The molecule has 0 amide bonds. The van der Waals surface area contributed by atoms with Crippen LogP contribution in [-0.4, -0.2) is 35.3 Å². The van der Waals surface area contributed by atoms with Crippen LogP contribution in [0.1, 0.15) is 27.2 Å². The first-order valence-electron chi connectivity index (χ1n) is 4.87. The van der Waals surface area contributed by atoms with E-state index < -0.39 is 0 Å². The van der Waals surface area contributed by atoms with Gasteiger partial charge in [0.2, 0.25) is 0 Å². The van der Waals surface area contributed by atoms with E-state index in [-0.39, 0.29) is 23.7 Å². The molecular weight excluding hydrogens is 200 g/mol. The predicted octanol–water partition coefficient (Wildman–Crippen LogP) is 1.69. The lowest BCUT2D eigenvalue weighted by Crippen LogP contribution is -2.23. The molecule has 0 aliphatic rings. The number of hydrogen-bond donors (Lipinski definition) is 1. The van der Waals surface area contributed by atoms with Gasteiger partial charge in [0.05, 0.1) is 13.0 Å². The molecule has 0 fully saturated rings. The summed E-state index contributed by atoms with van der Waals surface area (Å²) in [7, 11) is 1.41. The third kappa shape index (κ3) is 4.86. The second-order valence-electron chi connectivity index (χ2n) is 3.48. The van der Waals surface area contributed by atoms with Crippen LogP contribution in [0, 0.1) is 5.92 Å². The molecule has 0 saturated heterocycles. The SMILES string of the molecule is COC(=O)C(C)C(C)SC(C)CCO. The molecule has 0 aromatic rings. The van der Waals surface area contributed by atoms with Crippen LogP contribution >= 0.6 is 11.8 Å². The van der Waals surface area contributed by atoms with Gasteiger partial charge in [-0.2, -0.15) is 11.8 Å². The van der Waals surface area contributed by atoms with Crippen molar-refractivity contribution in [1.29, 1.82) is 0 Å². The number of carbonyl (C=O) groups is 1. The Bertz CT molecular complexity index is 173. The summed E-state index contributed by atoms with van der Waals surface area (Å²) in [5.74, 6) is -0.257. The Morgan fingerprint density at radius 3 is 2.43 bits per heavy atom. The Balaban J connectivity index is 3.93. The molecule has 0 rings (SSSR count). The molecule has 3 atom stereocenters. The lowest BCUT2D eigenvalue weighted by Gasteiger charge is -2.20. The maximum Gasteiger partial charge on any atom is 0.309 e. The van der Waals surface area contributed by atoms with Crippen molar-refractivity contribution in [3.63, 3.8) is 0 Å². The van der Waals surface area contributed by atoms with Gasteiger partial charge in [-0.3, -0.25) is 4.79 Å². The highest BCUT2D eigenvalue weighted by Crippen LogP contribution is 2.25. The third-order valence-electron chi connectivity index (χ3n) is 2.26. The Morgan fingerprint density at radius 2 is 2.00 bits per heavy atom. The highest BCUT2D eigenvalue weighted by molar-refractivity contribution is 8.00. The molecule has 0 aromatic carbocycles. The van der Waals surface area contributed by atoms with Gasteiger partial charge >= 0.3 is 5.97 Å². The van der Waals surface area contributed by atoms with Crippen molar-refractivity contribution in [2.24, 2.45) is 5.92 Å². The number of thioether (sulfide) groups is 1. The van der Waals surface area contributed by atoms with E-state index >= 15 is 0 Å². The molecule has 0 bridgehead atoms. The van der Waals surface area contributed by atoms with Crippen LogP contribution in [0.5, 0.6) is 0 Å². The molecule has 3 unspecified atom stereocenters. The minimum absolute atomic E-state index is 0.0915. The first kappa shape index (κ1) is 13.8. The highest BCUT2D eigenvalue weighted by Gasteiger charge is 2.22. The second kappa shape index (κ2) is 7.12. The molecule has 14 heavy (non-hydrogen) atoms. The largest absolute Gasteiger partial charge is 0.469 e. The lowest BCUT2D eigenvalue weighted by atomic mass is 10.1. The van der Waals surface area contributed by atoms with E-state index in [9.17, 15) is 4.79 Å². The first-order valence-corrected chi connectivity index (χ1v) is 5.81. The fourth-order valence-electron chi connectivity index (χ4n) is 1.11. The minimum Gasteiger partial charge on any atom is -0.469 e. The molecule has 3 nitrogen and oxygen atoms in total. The van der Waals surface area contributed by atoms with Crippen LogP contribution in [0.2, 0.25) is 0 Å². The number of esters is 1. The van der Waals surface area contributed by atoms with E-state index in [2.05, 4.69) is 11.7 Å². The number of aliphatic hydroxyl groups excluding tert-OH is 1. The fourth-order valence-corrected chi connectivity index (χ4v) is 2.43. The van der Waals surface area contributed by atoms with Gasteiger partial charge in [-0.05, 0) is 6.42 Å². The Morgan fingerprint density at radius 1 is 1.43 bits per heavy atom. The van der Waals surface area contributed by atoms with Gasteiger partial charge in [0.1, 0.15) is 0 Å². The molecule has 0 heterocycles. The zero-order valence-electron chi connectivity index (χ0n) is 9.32. The van der Waals surface area contributed by atoms with Gasteiger partial charge in [0, 0.05) is 17.1 Å². The number of methoxy groups -OCH3 is 1. The van der Waals surface area contributed by atoms with E-state index in [4.69, 9.17) is 5.11 Å². The summed E-state index contributed by atoms with van der Waals surface area (Å²) < 4.78 is 4.67. The molecule has 0 aromatic heterocycles. The standard InChI is InChI=1S/C10H20O3S/c1-7(5-6-11)14-9(3)8(2)10(12)13-4/h7-9,11H,5-6H2,1-4H3. The molecule has 0 radical (unpaired) electrons. The van der Waals surface area contributed by atoms with Gasteiger partial charge in [-0.1, -0.05) is 20.8 Å². The number of aliphatic hydroxyl groups is 1. The quantitative estimate of drug-likeness (QED) is 0.692. The smallest absolute Gasteiger partial charge is 0.309 e. The van der Waals surface area contributed by atoms with E-state index in [1.54, 1.807) is 11.8 Å². The molecular formula is C10H20O3S. The first-order chi connectivity index (χ1) is 6.52. The van der Waals surface area contributed by atoms with Gasteiger partial charge in [-0.15, -0.1) is 0 Å². The number of ether oxygens (including phenoxy) is 1. The Hall–Kier alpha value is -0.220. The monoisotopic (exact) mass is 220 g/mol. The fraction of sp³-hybridized carbons (Fsp3) is 0.900. The van der Waals surface area contributed by atoms with E-state index in [1.807, 2.05) is 13.8 Å². The Labute approximate surface area is 90.2 Å². The molecule has 0 aliphatic carbocycles. The average Bonchev–Trinajstić information content (AvgIpc) is 2.15. The topological polar surface area (TPSA) is 46.5 Å². The summed E-state index contributed by atoms with van der Waals surface area (Å²) in [4.78, 5) is 11.2. The van der Waals surface area contributed by atoms with E-state index in [0.29, 0.717) is 5.25 Å². The summed E-state index contributed by atoms with van der Waals surface area (Å²) in [6, 6.07) is 0. The summed E-state index contributed by atoms with van der Waals surface area (Å²) >= 11 is 1.72. The molecule has 4 heteroatoms. The van der Waals surface area contributed by atoms with Gasteiger partial charge in [-0.25, -0.2) is 0 Å². The average molecular weight is 220 g/mol. The highest BCUT2D eigenvalue weighted by atomic mass is 32.2. The van der Waals surface area contributed by atoms with Crippen LogP contribution in [0.25, 0.3) is 0 Å². The number of rotatable bonds is 6. The van der Waals surface area contributed by atoms with Crippen molar-refractivity contribution in [3.05, 3.63) is 0 Å². The molecule has 0 aliphatic heterocycles. The minimum atomic E-state index is -0.166. The zero-order chi connectivity index (χ0) is 11.1. The van der Waals surface area contributed by atoms with Crippen molar-refractivity contribution in [3.8, 4) is 0 Å². The number of carbonyl (C=O) groups excluding carboxylic acids is 1. The Kier molecular flexibility index (Phi) is 7.01. The molecule has 84 valence electrons. The van der Waals surface area contributed by atoms with Crippen LogP contribution in [0.15, 0.2) is 0 Å². The van der Waals surface area contributed by atoms with Gasteiger partial charge < -0.3 is 9.84 Å². The second-order valence-corrected chi connectivity index (χ2v) is 5.30. The van der Waals surface area contributed by atoms with Crippen molar-refractivity contribution in [2.75, 3.05) is 13.7 Å². The van der Waals surface area contributed by atoms with Crippen molar-refractivity contribution >= 4 is 17.7 Å². The summed E-state index contributed by atoms with van der Waals surface area (Å²) in [6.45, 7) is 6.14. The normalized spacial score (nSPS) is 17.2. The molecule has 1 N–H and O–H groups in total. The van der Waals surface area contributed by atoms with E-state index in [1.165, 1.54) is 7.11 Å². The summed E-state index contributed by atoms with van der Waals surface area (Å²) in [5.41, 5.74) is 0. The lowest BCUT2D eigenvalue weighted by molar-refractivity contribution is -0.144. The maximum atomic E-state index is 11.2. The summed E-state index contributed by atoms with van der Waals surface area (Å²) in [5, 5.41) is 9.34. The van der Waals surface area contributed by atoms with Gasteiger partial charge in [0.25, 0.3) is 0 Å². The van der Waals surface area contributed by atoms with Crippen molar-refractivity contribution in [2.45, 2.75) is 37.7 Å². The predicted molar refractivity (Wildman–Crippen MR) is 59.4 cm³/mol. The van der Waals surface area contributed by atoms with Crippen LogP contribution in [-0.2, 0) is 9.53 Å². The molecule has 0 saturated carbocycles. The van der Waals surface area contributed by atoms with Crippen LogP contribution < -0.4 is 0 Å². The van der Waals surface area contributed by atoms with Crippen molar-refractivity contribution in [1.82, 2.24) is 0 Å². The summed E-state index contributed by atoms with van der Waals surface area (Å²) in [6.07, 6.45) is 0.767. The van der Waals surface area contributed by atoms with E-state index in [0.717, 1.165) is 6.42 Å². The maximum absolute atomic E-state index is 11.2. The zero-order valence-corrected chi connectivity index (χ0v) is 10.1. The van der Waals surface area contributed by atoms with Gasteiger partial charge in [0.15, 0.2) is 0 Å². The third-order valence-corrected chi connectivity index (χ3v) is 3.80. The molecule has 0 spiro atoms. The van der Waals surface area contributed by atoms with Crippen LogP contribution in [0.4, 0.5) is 0 Å². The van der Waals surface area contributed by atoms with Crippen LogP contribution in [0.3, 0.4) is 0 Å². The number of hydrogen-bond acceptors (Lipinski definition) is 4. The van der Waals surface area contributed by atoms with Crippen molar-refractivity contribution < 1.29 is 14.6 Å².